The minimum atomic E-state index is -0.421. The topological polar surface area (TPSA) is 81.3 Å². The third kappa shape index (κ3) is 4.39. The van der Waals surface area contributed by atoms with Gasteiger partial charge in [-0.15, -0.1) is 0 Å². The third-order valence-electron chi connectivity index (χ3n) is 4.35. The predicted molar refractivity (Wildman–Crippen MR) is 113 cm³/mol. The standard InChI is InChI=1S/C23H16N4O2/c28-27(29)22-12-6-17(7-13-22)14-24-21-10-8-18(9-11-21)20-15-25-23(26-16-20)19-4-2-1-3-5-19/h1-16H. The molecule has 4 aromatic rings. The van der Waals surface area contributed by atoms with Crippen molar-refractivity contribution in [2.24, 2.45) is 4.99 Å². The summed E-state index contributed by atoms with van der Waals surface area (Å²) in [4.78, 5) is 23.6. The van der Waals surface area contributed by atoms with Crippen molar-refractivity contribution in [3.63, 3.8) is 0 Å². The number of aromatic nitrogens is 2. The lowest BCUT2D eigenvalue weighted by Crippen LogP contribution is -1.89. The zero-order chi connectivity index (χ0) is 20.1. The highest BCUT2D eigenvalue weighted by Gasteiger charge is 2.04. The van der Waals surface area contributed by atoms with E-state index in [9.17, 15) is 10.1 Å². The maximum Gasteiger partial charge on any atom is 0.269 e. The lowest BCUT2D eigenvalue weighted by Gasteiger charge is -2.04. The summed E-state index contributed by atoms with van der Waals surface area (Å²) in [5.74, 6) is 0.693. The van der Waals surface area contributed by atoms with Crippen LogP contribution >= 0.6 is 0 Å². The monoisotopic (exact) mass is 380 g/mol. The van der Waals surface area contributed by atoms with Gasteiger partial charge in [0.25, 0.3) is 5.69 Å². The van der Waals surface area contributed by atoms with Gasteiger partial charge in [-0.1, -0.05) is 42.5 Å². The minimum Gasteiger partial charge on any atom is -0.258 e. The van der Waals surface area contributed by atoms with Gasteiger partial charge >= 0.3 is 0 Å². The number of aliphatic imine (C=N–C) groups is 1. The number of nitro benzene ring substituents is 1. The molecule has 6 nitrogen and oxygen atoms in total. The largest absolute Gasteiger partial charge is 0.269 e. The van der Waals surface area contributed by atoms with Gasteiger partial charge in [-0.05, 0) is 35.4 Å². The maximum absolute atomic E-state index is 10.7. The molecule has 29 heavy (non-hydrogen) atoms. The molecule has 0 radical (unpaired) electrons. The average Bonchev–Trinajstić information content (AvgIpc) is 2.79. The first-order valence-corrected chi connectivity index (χ1v) is 8.95. The Labute approximate surface area is 167 Å². The number of hydrogen-bond donors (Lipinski definition) is 0. The van der Waals surface area contributed by atoms with E-state index in [-0.39, 0.29) is 5.69 Å². The first-order chi connectivity index (χ1) is 14.2. The molecule has 0 aliphatic heterocycles. The lowest BCUT2D eigenvalue weighted by molar-refractivity contribution is -0.384. The Morgan fingerprint density at radius 1 is 0.759 bits per heavy atom. The highest BCUT2D eigenvalue weighted by molar-refractivity contribution is 5.82. The predicted octanol–water partition coefficient (Wildman–Crippen LogP) is 5.47. The van der Waals surface area contributed by atoms with E-state index in [2.05, 4.69) is 15.0 Å². The molecule has 0 aliphatic carbocycles. The van der Waals surface area contributed by atoms with Crippen molar-refractivity contribution in [2.75, 3.05) is 0 Å². The number of non-ortho nitro benzene ring substituents is 1. The molecule has 0 aliphatic rings. The summed E-state index contributed by atoms with van der Waals surface area (Å²) in [6.07, 6.45) is 5.30. The summed E-state index contributed by atoms with van der Waals surface area (Å²) < 4.78 is 0. The van der Waals surface area contributed by atoms with Crippen molar-refractivity contribution in [3.8, 4) is 22.5 Å². The van der Waals surface area contributed by atoms with Crippen LogP contribution in [0.3, 0.4) is 0 Å². The Hall–Kier alpha value is -4.19. The Kier molecular flexibility index (Phi) is 5.16. The molecule has 140 valence electrons. The summed E-state index contributed by atoms with van der Waals surface area (Å²) in [6.45, 7) is 0. The lowest BCUT2D eigenvalue weighted by atomic mass is 10.1. The van der Waals surface area contributed by atoms with E-state index in [1.54, 1.807) is 18.3 Å². The molecule has 1 heterocycles. The highest BCUT2D eigenvalue weighted by atomic mass is 16.6. The molecular weight excluding hydrogens is 364 g/mol. The molecule has 0 amide bonds. The van der Waals surface area contributed by atoms with Crippen molar-refractivity contribution < 1.29 is 4.92 Å². The van der Waals surface area contributed by atoms with Crippen LogP contribution in [-0.4, -0.2) is 21.1 Å². The van der Waals surface area contributed by atoms with Gasteiger partial charge in [-0.2, -0.15) is 0 Å². The quantitative estimate of drug-likeness (QED) is 0.261. The Bertz CT molecular complexity index is 1140. The van der Waals surface area contributed by atoms with Crippen molar-refractivity contribution in [2.45, 2.75) is 0 Å². The Balaban J connectivity index is 1.47. The van der Waals surface area contributed by atoms with Crippen LogP contribution in [-0.2, 0) is 0 Å². The first-order valence-electron chi connectivity index (χ1n) is 8.95. The molecule has 3 aromatic carbocycles. The van der Waals surface area contributed by atoms with Gasteiger partial charge in [0.15, 0.2) is 5.82 Å². The van der Waals surface area contributed by atoms with Crippen LogP contribution in [0.4, 0.5) is 11.4 Å². The molecule has 0 atom stereocenters. The second-order valence-electron chi connectivity index (χ2n) is 6.32. The summed E-state index contributed by atoms with van der Waals surface area (Å²) in [6, 6.07) is 23.8. The molecule has 0 spiro atoms. The molecule has 0 N–H and O–H groups in total. The van der Waals surface area contributed by atoms with Crippen LogP contribution < -0.4 is 0 Å². The molecular formula is C23H16N4O2. The highest BCUT2D eigenvalue weighted by Crippen LogP contribution is 2.23. The number of hydrogen-bond acceptors (Lipinski definition) is 5. The molecule has 0 bridgehead atoms. The van der Waals surface area contributed by atoms with Crippen LogP contribution in [0.2, 0.25) is 0 Å². The second-order valence-corrected chi connectivity index (χ2v) is 6.32. The van der Waals surface area contributed by atoms with E-state index in [1.807, 2.05) is 67.0 Å². The van der Waals surface area contributed by atoms with E-state index < -0.39 is 4.92 Å². The number of rotatable bonds is 5. The van der Waals surface area contributed by atoms with Gasteiger partial charge in [0.1, 0.15) is 0 Å². The van der Waals surface area contributed by atoms with E-state index in [1.165, 1.54) is 12.1 Å². The van der Waals surface area contributed by atoms with Crippen LogP contribution in [0.1, 0.15) is 5.56 Å². The molecule has 6 heteroatoms. The van der Waals surface area contributed by atoms with Crippen molar-refractivity contribution >= 4 is 17.6 Å². The average molecular weight is 380 g/mol. The Morgan fingerprint density at radius 2 is 1.41 bits per heavy atom. The van der Waals surface area contributed by atoms with Crippen LogP contribution in [0, 0.1) is 10.1 Å². The van der Waals surface area contributed by atoms with Crippen molar-refractivity contribution in [3.05, 3.63) is 107 Å². The van der Waals surface area contributed by atoms with Crippen LogP contribution in [0.5, 0.6) is 0 Å². The fourth-order valence-corrected chi connectivity index (χ4v) is 2.78. The number of nitro groups is 1. The van der Waals surface area contributed by atoms with Crippen LogP contribution in [0.25, 0.3) is 22.5 Å². The van der Waals surface area contributed by atoms with Gasteiger partial charge in [-0.3, -0.25) is 15.1 Å². The molecule has 0 saturated heterocycles. The molecule has 0 saturated carbocycles. The summed E-state index contributed by atoms with van der Waals surface area (Å²) in [7, 11) is 0. The SMILES string of the molecule is O=[N+]([O-])c1ccc(C=Nc2ccc(-c3cnc(-c4ccccc4)nc3)cc2)cc1. The zero-order valence-corrected chi connectivity index (χ0v) is 15.3. The van der Waals surface area contributed by atoms with E-state index in [0.29, 0.717) is 5.82 Å². The molecule has 0 unspecified atom stereocenters. The second kappa shape index (κ2) is 8.22. The smallest absolute Gasteiger partial charge is 0.258 e. The molecule has 4 rings (SSSR count). The fourth-order valence-electron chi connectivity index (χ4n) is 2.78. The van der Waals surface area contributed by atoms with Gasteiger partial charge in [-0.25, -0.2) is 9.97 Å². The maximum atomic E-state index is 10.7. The summed E-state index contributed by atoms with van der Waals surface area (Å²) in [5, 5.41) is 10.7. The minimum absolute atomic E-state index is 0.0620. The normalized spacial score (nSPS) is 10.9. The van der Waals surface area contributed by atoms with Gasteiger partial charge in [0.05, 0.1) is 10.6 Å². The summed E-state index contributed by atoms with van der Waals surface area (Å²) in [5.41, 5.74) is 4.55. The number of benzene rings is 3. The van der Waals surface area contributed by atoms with Crippen molar-refractivity contribution in [1.82, 2.24) is 9.97 Å². The first kappa shape index (κ1) is 18.2. The van der Waals surface area contributed by atoms with E-state index in [4.69, 9.17) is 0 Å². The third-order valence-corrected chi connectivity index (χ3v) is 4.35. The number of nitrogens with zero attached hydrogens (tertiary/aromatic N) is 4. The van der Waals surface area contributed by atoms with Crippen molar-refractivity contribution in [1.29, 1.82) is 0 Å². The van der Waals surface area contributed by atoms with E-state index in [0.717, 1.165) is 27.9 Å². The van der Waals surface area contributed by atoms with Gasteiger partial charge in [0.2, 0.25) is 0 Å². The van der Waals surface area contributed by atoms with Gasteiger partial charge in [0, 0.05) is 41.9 Å². The Morgan fingerprint density at radius 3 is 2.03 bits per heavy atom. The fraction of sp³-hybridized carbons (Fsp3) is 0. The van der Waals surface area contributed by atoms with Gasteiger partial charge < -0.3 is 0 Å². The van der Waals surface area contributed by atoms with Crippen LogP contribution in [0.15, 0.2) is 96.2 Å². The zero-order valence-electron chi connectivity index (χ0n) is 15.3. The van der Waals surface area contributed by atoms with E-state index >= 15 is 0 Å². The molecule has 1 aromatic heterocycles. The summed E-state index contributed by atoms with van der Waals surface area (Å²) >= 11 is 0. The molecule has 0 fully saturated rings.